The van der Waals surface area contributed by atoms with Gasteiger partial charge in [-0.1, -0.05) is 13.8 Å². The zero-order chi connectivity index (χ0) is 10.8. The van der Waals surface area contributed by atoms with Gasteiger partial charge in [-0.15, -0.1) is 0 Å². The van der Waals surface area contributed by atoms with E-state index in [1.807, 2.05) is 0 Å². The van der Waals surface area contributed by atoms with Crippen LogP contribution >= 0.6 is 0 Å². The molecule has 15 heavy (non-hydrogen) atoms. The van der Waals surface area contributed by atoms with Gasteiger partial charge in [-0.25, -0.2) is 0 Å². The molecule has 0 heterocycles. The van der Waals surface area contributed by atoms with E-state index in [0.29, 0.717) is 11.3 Å². The third-order valence-electron chi connectivity index (χ3n) is 5.83. The van der Waals surface area contributed by atoms with E-state index in [2.05, 4.69) is 13.8 Å². The quantitative estimate of drug-likeness (QED) is 0.693. The number of rotatable bonds is 1. The van der Waals surface area contributed by atoms with Crippen molar-refractivity contribution >= 4 is 0 Å². The lowest BCUT2D eigenvalue weighted by Gasteiger charge is -2.65. The smallest absolute Gasteiger partial charge is 0.0575 e. The van der Waals surface area contributed by atoms with Gasteiger partial charge in [-0.05, 0) is 55.3 Å². The summed E-state index contributed by atoms with van der Waals surface area (Å²) in [5.74, 6) is 2.46. The first-order valence-corrected chi connectivity index (χ1v) is 6.40. The van der Waals surface area contributed by atoms with Gasteiger partial charge in [0, 0.05) is 5.54 Å². The summed E-state index contributed by atoms with van der Waals surface area (Å²) in [6.07, 6.45) is 5.64. The maximum atomic E-state index is 9.46. The van der Waals surface area contributed by atoms with E-state index in [-0.39, 0.29) is 11.6 Å². The highest BCUT2D eigenvalue weighted by molar-refractivity contribution is 5.13. The Kier molecular flexibility index (Phi) is 1.87. The Morgan fingerprint density at radius 3 is 2.27 bits per heavy atom. The van der Waals surface area contributed by atoms with Crippen LogP contribution in [0.5, 0.6) is 0 Å². The van der Waals surface area contributed by atoms with Crippen molar-refractivity contribution in [2.24, 2.45) is 28.9 Å². The van der Waals surface area contributed by atoms with Gasteiger partial charge >= 0.3 is 0 Å². The Hall–Kier alpha value is -0.0800. The van der Waals surface area contributed by atoms with Crippen LogP contribution in [-0.2, 0) is 0 Å². The molecule has 0 saturated heterocycles. The molecule has 3 unspecified atom stereocenters. The number of fused-ring (bicyclic) bond motifs is 2. The molecular weight excluding hydrogens is 186 g/mol. The molecule has 0 aliphatic heterocycles. The largest absolute Gasteiger partial charge is 0.393 e. The summed E-state index contributed by atoms with van der Waals surface area (Å²) in [5.41, 5.74) is 6.95. The Morgan fingerprint density at radius 2 is 1.80 bits per heavy atom. The van der Waals surface area contributed by atoms with Crippen molar-refractivity contribution in [3.8, 4) is 0 Å². The highest BCUT2D eigenvalue weighted by Crippen LogP contribution is 2.64. The van der Waals surface area contributed by atoms with Crippen LogP contribution in [0.3, 0.4) is 0 Å². The number of aliphatic hydroxyl groups excluding tert-OH is 1. The van der Waals surface area contributed by atoms with Crippen molar-refractivity contribution in [2.75, 3.05) is 0 Å². The van der Waals surface area contributed by atoms with E-state index in [1.54, 1.807) is 0 Å². The molecule has 3 atom stereocenters. The molecule has 0 aromatic rings. The van der Waals surface area contributed by atoms with Crippen molar-refractivity contribution in [1.29, 1.82) is 0 Å². The number of hydrogen-bond donors (Lipinski definition) is 2. The fraction of sp³-hybridized carbons (Fsp3) is 1.00. The van der Waals surface area contributed by atoms with Crippen LogP contribution in [0, 0.1) is 23.2 Å². The summed E-state index contributed by atoms with van der Waals surface area (Å²) >= 11 is 0. The molecule has 0 aromatic heterocycles. The maximum absolute atomic E-state index is 9.46. The lowest BCUT2D eigenvalue weighted by Crippen LogP contribution is -2.67. The molecule has 0 radical (unpaired) electrons. The maximum Gasteiger partial charge on any atom is 0.0575 e. The van der Waals surface area contributed by atoms with E-state index >= 15 is 0 Å². The normalized spacial score (nSPS) is 56.8. The summed E-state index contributed by atoms with van der Waals surface area (Å²) in [5, 5.41) is 9.46. The van der Waals surface area contributed by atoms with Gasteiger partial charge in [-0.2, -0.15) is 0 Å². The van der Waals surface area contributed by atoms with Gasteiger partial charge in [0.25, 0.3) is 0 Å². The molecule has 0 spiro atoms. The van der Waals surface area contributed by atoms with Crippen LogP contribution in [0.1, 0.15) is 46.0 Å². The second-order valence-electron chi connectivity index (χ2n) is 6.84. The van der Waals surface area contributed by atoms with Crippen LogP contribution in [0.15, 0.2) is 0 Å². The summed E-state index contributed by atoms with van der Waals surface area (Å²) in [7, 11) is 0. The summed E-state index contributed by atoms with van der Waals surface area (Å²) in [6, 6.07) is 0. The van der Waals surface area contributed by atoms with Gasteiger partial charge in [0.2, 0.25) is 0 Å². The molecular formula is C13H23NO. The molecule has 3 N–H and O–H groups in total. The average molecular weight is 209 g/mol. The molecule has 4 aliphatic carbocycles. The van der Waals surface area contributed by atoms with Crippen molar-refractivity contribution in [3.63, 3.8) is 0 Å². The molecule has 4 saturated carbocycles. The highest BCUT2D eigenvalue weighted by atomic mass is 16.3. The summed E-state index contributed by atoms with van der Waals surface area (Å²) in [6.45, 7) is 4.83. The lowest BCUT2D eigenvalue weighted by atomic mass is 9.41. The summed E-state index contributed by atoms with van der Waals surface area (Å²) in [4.78, 5) is 0. The second kappa shape index (κ2) is 2.78. The van der Waals surface area contributed by atoms with Gasteiger partial charge < -0.3 is 10.8 Å². The van der Waals surface area contributed by atoms with Crippen LogP contribution in [0.2, 0.25) is 0 Å². The van der Waals surface area contributed by atoms with Crippen LogP contribution in [-0.4, -0.2) is 16.7 Å². The molecule has 4 fully saturated rings. The lowest BCUT2D eigenvalue weighted by molar-refractivity contribution is -0.152. The first-order valence-electron chi connectivity index (χ1n) is 6.40. The van der Waals surface area contributed by atoms with E-state index < -0.39 is 0 Å². The average Bonchev–Trinajstić information content (AvgIpc) is 2.15. The van der Waals surface area contributed by atoms with Crippen molar-refractivity contribution in [1.82, 2.24) is 0 Å². The minimum Gasteiger partial charge on any atom is -0.393 e. The van der Waals surface area contributed by atoms with Crippen molar-refractivity contribution in [2.45, 2.75) is 57.6 Å². The number of aliphatic hydroxyl groups is 1. The van der Waals surface area contributed by atoms with Gasteiger partial charge in [0.1, 0.15) is 0 Å². The molecule has 2 bridgehead atoms. The first kappa shape index (κ1) is 10.1. The minimum absolute atomic E-state index is 0.0211. The van der Waals surface area contributed by atoms with Crippen molar-refractivity contribution < 1.29 is 5.11 Å². The zero-order valence-electron chi connectivity index (χ0n) is 9.87. The van der Waals surface area contributed by atoms with E-state index in [1.165, 1.54) is 19.3 Å². The van der Waals surface area contributed by atoms with Crippen LogP contribution < -0.4 is 5.73 Å². The number of hydrogen-bond acceptors (Lipinski definition) is 2. The number of nitrogens with two attached hydrogens (primary N) is 1. The Morgan fingerprint density at radius 1 is 1.13 bits per heavy atom. The fourth-order valence-electron chi connectivity index (χ4n) is 4.62. The predicted molar refractivity (Wildman–Crippen MR) is 60.3 cm³/mol. The first-order chi connectivity index (χ1) is 6.93. The van der Waals surface area contributed by atoms with E-state index in [4.69, 9.17) is 5.73 Å². The molecule has 0 amide bonds. The third kappa shape index (κ3) is 1.18. The van der Waals surface area contributed by atoms with Crippen LogP contribution in [0.4, 0.5) is 0 Å². The Labute approximate surface area is 92.2 Å². The SMILES string of the molecule is CC1(C)C2CCC(C3(N)CC(O)C3)C1C2. The van der Waals surface area contributed by atoms with E-state index in [0.717, 1.165) is 24.7 Å². The second-order valence-corrected chi connectivity index (χ2v) is 6.84. The highest BCUT2D eigenvalue weighted by Gasteiger charge is 2.60. The zero-order valence-corrected chi connectivity index (χ0v) is 9.87. The molecule has 4 rings (SSSR count). The van der Waals surface area contributed by atoms with Crippen LogP contribution in [0.25, 0.3) is 0 Å². The molecule has 86 valence electrons. The van der Waals surface area contributed by atoms with Crippen molar-refractivity contribution in [3.05, 3.63) is 0 Å². The third-order valence-corrected chi connectivity index (χ3v) is 5.83. The topological polar surface area (TPSA) is 46.2 Å². The fourth-order valence-corrected chi connectivity index (χ4v) is 4.62. The minimum atomic E-state index is -0.115. The van der Waals surface area contributed by atoms with E-state index in [9.17, 15) is 5.11 Å². The Balaban J connectivity index is 1.77. The van der Waals surface area contributed by atoms with Gasteiger partial charge in [0.05, 0.1) is 6.10 Å². The molecule has 2 nitrogen and oxygen atoms in total. The molecule has 2 heteroatoms. The molecule has 4 aliphatic rings. The van der Waals surface area contributed by atoms with Gasteiger partial charge in [-0.3, -0.25) is 0 Å². The van der Waals surface area contributed by atoms with Gasteiger partial charge in [0.15, 0.2) is 0 Å². The molecule has 0 aromatic carbocycles. The standard InChI is InChI=1S/C13H23NO/c1-12(2)8-3-4-10(11(12)5-8)13(14)6-9(15)7-13/h8-11,15H,3-7,14H2,1-2H3. The monoisotopic (exact) mass is 209 g/mol. The predicted octanol–water partition coefficient (Wildman–Crippen LogP) is 1.91. The summed E-state index contributed by atoms with van der Waals surface area (Å²) < 4.78 is 0. The Bertz CT molecular complexity index is 278.